The summed E-state index contributed by atoms with van der Waals surface area (Å²) in [6.07, 6.45) is 4.25. The lowest BCUT2D eigenvalue weighted by Crippen LogP contribution is -2.42. The molecule has 2 fully saturated rings. The van der Waals surface area contributed by atoms with Crippen LogP contribution >= 0.6 is 0 Å². The van der Waals surface area contributed by atoms with E-state index in [1.807, 2.05) is 13.0 Å². The smallest absolute Gasteiger partial charge is 0.251 e. The predicted molar refractivity (Wildman–Crippen MR) is 81.9 cm³/mol. The number of nitrogen functional groups attached to an aromatic ring is 1. The van der Waals surface area contributed by atoms with E-state index in [4.69, 9.17) is 5.84 Å². The Balaban J connectivity index is 1.73. The molecule has 0 bridgehead atoms. The molecule has 0 radical (unpaired) electrons. The number of anilines is 1. The van der Waals surface area contributed by atoms with Gasteiger partial charge < -0.3 is 10.7 Å². The molecule has 0 saturated carbocycles. The highest BCUT2D eigenvalue weighted by Gasteiger charge is 2.37. The predicted octanol–water partition coefficient (Wildman–Crippen LogP) is 0.896. The minimum Gasteiger partial charge on any atom is -0.348 e. The number of nitrogens with zero attached hydrogens (tertiary/aromatic N) is 2. The summed E-state index contributed by atoms with van der Waals surface area (Å²) in [5.74, 6) is 5.94. The summed E-state index contributed by atoms with van der Waals surface area (Å²) in [6, 6.07) is 4.34. The summed E-state index contributed by atoms with van der Waals surface area (Å²) in [7, 11) is 0. The van der Waals surface area contributed by atoms with E-state index in [1.165, 1.54) is 19.4 Å². The van der Waals surface area contributed by atoms with E-state index >= 15 is 0 Å². The van der Waals surface area contributed by atoms with Crippen LogP contribution in [-0.4, -0.2) is 41.0 Å². The second-order valence-corrected chi connectivity index (χ2v) is 5.84. The SMILES string of the molecule is CCc1cc(C(=O)NC2CCN3CCCC23)cc(NN)n1. The van der Waals surface area contributed by atoms with Gasteiger partial charge in [0.15, 0.2) is 0 Å². The number of rotatable bonds is 4. The van der Waals surface area contributed by atoms with Crippen molar-refractivity contribution in [3.05, 3.63) is 23.4 Å². The van der Waals surface area contributed by atoms with Crippen LogP contribution in [0.1, 0.15) is 42.2 Å². The normalized spacial score (nSPS) is 24.9. The average molecular weight is 289 g/mol. The summed E-state index contributed by atoms with van der Waals surface area (Å²) in [4.78, 5) is 19.3. The fourth-order valence-electron chi connectivity index (χ4n) is 3.48. The molecule has 3 heterocycles. The first-order valence-corrected chi connectivity index (χ1v) is 7.73. The number of hydrogen-bond donors (Lipinski definition) is 3. The summed E-state index contributed by atoms with van der Waals surface area (Å²) in [5.41, 5.74) is 4.02. The van der Waals surface area contributed by atoms with E-state index in [1.54, 1.807) is 6.07 Å². The van der Waals surface area contributed by atoms with Crippen LogP contribution in [0.5, 0.6) is 0 Å². The molecule has 4 N–H and O–H groups in total. The monoisotopic (exact) mass is 289 g/mol. The fourth-order valence-corrected chi connectivity index (χ4v) is 3.48. The van der Waals surface area contributed by atoms with E-state index in [-0.39, 0.29) is 11.9 Å². The number of fused-ring (bicyclic) bond motifs is 1. The third-order valence-corrected chi connectivity index (χ3v) is 4.57. The van der Waals surface area contributed by atoms with Gasteiger partial charge in [0.1, 0.15) is 5.82 Å². The van der Waals surface area contributed by atoms with E-state index in [2.05, 4.69) is 20.6 Å². The van der Waals surface area contributed by atoms with Gasteiger partial charge in [-0.15, -0.1) is 0 Å². The third kappa shape index (κ3) is 2.87. The highest BCUT2D eigenvalue weighted by molar-refractivity contribution is 5.95. The van der Waals surface area contributed by atoms with Crippen LogP contribution in [0.25, 0.3) is 0 Å². The van der Waals surface area contributed by atoms with Crippen LogP contribution in [0.15, 0.2) is 12.1 Å². The largest absolute Gasteiger partial charge is 0.348 e. The maximum absolute atomic E-state index is 12.5. The Morgan fingerprint density at radius 3 is 3.05 bits per heavy atom. The van der Waals surface area contributed by atoms with E-state index < -0.39 is 0 Å². The first-order valence-electron chi connectivity index (χ1n) is 7.73. The van der Waals surface area contributed by atoms with Crippen molar-refractivity contribution in [1.82, 2.24) is 15.2 Å². The molecule has 1 amide bonds. The molecule has 0 aromatic carbocycles. The maximum atomic E-state index is 12.5. The zero-order valence-electron chi connectivity index (χ0n) is 12.4. The number of nitrogens with two attached hydrogens (primary N) is 1. The van der Waals surface area contributed by atoms with Crippen LogP contribution in [0.3, 0.4) is 0 Å². The molecule has 2 aliphatic heterocycles. The topological polar surface area (TPSA) is 83.3 Å². The van der Waals surface area contributed by atoms with Crippen molar-refractivity contribution in [2.45, 2.75) is 44.7 Å². The fraction of sp³-hybridized carbons (Fsp3) is 0.600. The van der Waals surface area contributed by atoms with Gasteiger partial charge in [-0.05, 0) is 44.4 Å². The molecule has 114 valence electrons. The van der Waals surface area contributed by atoms with Crippen LogP contribution < -0.4 is 16.6 Å². The van der Waals surface area contributed by atoms with Crippen molar-refractivity contribution in [1.29, 1.82) is 0 Å². The highest BCUT2D eigenvalue weighted by atomic mass is 16.1. The quantitative estimate of drug-likeness (QED) is 0.566. The first-order chi connectivity index (χ1) is 10.2. The number of nitrogens with one attached hydrogen (secondary N) is 2. The number of carbonyl (C=O) groups is 1. The highest BCUT2D eigenvalue weighted by Crippen LogP contribution is 2.28. The van der Waals surface area contributed by atoms with E-state index in [0.29, 0.717) is 17.4 Å². The maximum Gasteiger partial charge on any atom is 0.251 e. The van der Waals surface area contributed by atoms with Crippen molar-refractivity contribution < 1.29 is 4.79 Å². The van der Waals surface area contributed by atoms with Gasteiger partial charge in [0.25, 0.3) is 5.91 Å². The second-order valence-electron chi connectivity index (χ2n) is 5.84. The minimum absolute atomic E-state index is 0.0256. The van der Waals surface area contributed by atoms with E-state index in [9.17, 15) is 4.79 Å². The van der Waals surface area contributed by atoms with E-state index in [0.717, 1.165) is 25.1 Å². The van der Waals surface area contributed by atoms with Gasteiger partial charge in [-0.25, -0.2) is 10.8 Å². The second kappa shape index (κ2) is 5.99. The van der Waals surface area contributed by atoms with Crippen molar-refractivity contribution in [2.24, 2.45) is 5.84 Å². The molecule has 0 aliphatic carbocycles. The van der Waals surface area contributed by atoms with Gasteiger partial charge in [-0.1, -0.05) is 6.92 Å². The van der Waals surface area contributed by atoms with Gasteiger partial charge in [-0.3, -0.25) is 9.69 Å². The van der Waals surface area contributed by atoms with Crippen LogP contribution in [-0.2, 0) is 6.42 Å². The Kier molecular flexibility index (Phi) is 4.07. The summed E-state index contributed by atoms with van der Waals surface area (Å²) in [5, 5.41) is 3.19. The summed E-state index contributed by atoms with van der Waals surface area (Å²) < 4.78 is 0. The van der Waals surface area contributed by atoms with Crippen LogP contribution in [0.4, 0.5) is 5.82 Å². The molecule has 6 heteroatoms. The molecule has 2 unspecified atom stereocenters. The van der Waals surface area contributed by atoms with Crippen LogP contribution in [0.2, 0.25) is 0 Å². The Morgan fingerprint density at radius 1 is 1.43 bits per heavy atom. The summed E-state index contributed by atoms with van der Waals surface area (Å²) >= 11 is 0. The minimum atomic E-state index is -0.0256. The molecule has 0 spiro atoms. The lowest BCUT2D eigenvalue weighted by molar-refractivity contribution is 0.0929. The first kappa shape index (κ1) is 14.3. The van der Waals surface area contributed by atoms with Gasteiger partial charge in [0, 0.05) is 29.9 Å². The molecule has 1 aromatic rings. The number of hydrazine groups is 1. The molecule has 1 aromatic heterocycles. The third-order valence-electron chi connectivity index (χ3n) is 4.57. The van der Waals surface area contributed by atoms with Crippen molar-refractivity contribution >= 4 is 11.7 Å². The van der Waals surface area contributed by atoms with Crippen LogP contribution in [0, 0.1) is 0 Å². The number of pyridine rings is 1. The Labute approximate surface area is 125 Å². The van der Waals surface area contributed by atoms with Gasteiger partial charge in [0.05, 0.1) is 0 Å². The molecule has 21 heavy (non-hydrogen) atoms. The number of amides is 1. The number of carbonyl (C=O) groups excluding carboxylic acids is 1. The molecular formula is C15H23N5O. The summed E-state index contributed by atoms with van der Waals surface area (Å²) in [6.45, 7) is 4.28. The number of hydrogen-bond acceptors (Lipinski definition) is 5. The lowest BCUT2D eigenvalue weighted by Gasteiger charge is -2.21. The molecule has 2 aliphatic rings. The van der Waals surface area contributed by atoms with Gasteiger partial charge in [0.2, 0.25) is 0 Å². The molecule has 3 rings (SSSR count). The molecule has 2 atom stereocenters. The molecular weight excluding hydrogens is 266 g/mol. The number of aromatic nitrogens is 1. The van der Waals surface area contributed by atoms with Crippen molar-refractivity contribution in [3.8, 4) is 0 Å². The number of aryl methyl sites for hydroxylation is 1. The van der Waals surface area contributed by atoms with Crippen molar-refractivity contribution in [2.75, 3.05) is 18.5 Å². The zero-order chi connectivity index (χ0) is 14.8. The average Bonchev–Trinajstić information content (AvgIpc) is 3.11. The molecule has 6 nitrogen and oxygen atoms in total. The Hall–Kier alpha value is -1.66. The molecule has 2 saturated heterocycles. The standard InChI is InChI=1S/C15H23N5O/c1-2-11-8-10(9-14(17-11)19-16)15(21)18-12-5-7-20-6-3-4-13(12)20/h8-9,12-13H,2-7,16H2,1H3,(H,17,19)(H,18,21). The zero-order valence-corrected chi connectivity index (χ0v) is 12.4. The Bertz CT molecular complexity index is 511. The van der Waals surface area contributed by atoms with Gasteiger partial charge >= 0.3 is 0 Å². The Morgan fingerprint density at radius 2 is 2.29 bits per heavy atom. The lowest BCUT2D eigenvalue weighted by atomic mass is 10.1. The van der Waals surface area contributed by atoms with Gasteiger partial charge in [-0.2, -0.15) is 0 Å². The van der Waals surface area contributed by atoms with Crippen molar-refractivity contribution in [3.63, 3.8) is 0 Å².